The fourth-order valence-corrected chi connectivity index (χ4v) is 2.26. The number of hydrogen-bond donors (Lipinski definition) is 2. The molecule has 1 amide bonds. The zero-order valence-electron chi connectivity index (χ0n) is 10.3. The number of carbonyl (C=O) groups excluding carboxylic acids is 1. The van der Waals surface area contributed by atoms with Gasteiger partial charge in [-0.15, -0.1) is 12.4 Å². The molecule has 2 atom stereocenters. The summed E-state index contributed by atoms with van der Waals surface area (Å²) in [7, 11) is 0. The molecule has 0 aliphatic heterocycles. The summed E-state index contributed by atoms with van der Waals surface area (Å²) in [6.45, 7) is 1.78. The van der Waals surface area contributed by atoms with Crippen LogP contribution in [0.3, 0.4) is 0 Å². The Kier molecular flexibility index (Phi) is 5.11. The highest BCUT2D eigenvalue weighted by Crippen LogP contribution is 2.26. The van der Waals surface area contributed by atoms with Crippen molar-refractivity contribution in [2.24, 2.45) is 11.7 Å². The lowest BCUT2D eigenvalue weighted by atomic mass is 10.1. The van der Waals surface area contributed by atoms with Crippen molar-refractivity contribution in [2.75, 3.05) is 5.32 Å². The Bertz CT molecular complexity index is 439. The molecule has 0 spiro atoms. The Morgan fingerprint density at radius 3 is 2.72 bits per heavy atom. The van der Waals surface area contributed by atoms with Gasteiger partial charge in [0, 0.05) is 17.6 Å². The number of halogens is 2. The molecule has 0 aromatic heterocycles. The van der Waals surface area contributed by atoms with E-state index >= 15 is 0 Å². The summed E-state index contributed by atoms with van der Waals surface area (Å²) in [5, 5.41) is 2.84. The molecule has 0 saturated heterocycles. The van der Waals surface area contributed by atoms with Crippen LogP contribution in [0.4, 0.5) is 10.1 Å². The van der Waals surface area contributed by atoms with E-state index in [1.807, 2.05) is 0 Å². The molecule has 1 aromatic rings. The molecule has 3 N–H and O–H groups in total. The topological polar surface area (TPSA) is 55.1 Å². The van der Waals surface area contributed by atoms with Gasteiger partial charge in [-0.2, -0.15) is 0 Å². The van der Waals surface area contributed by atoms with Crippen LogP contribution >= 0.6 is 12.4 Å². The maximum atomic E-state index is 12.9. The van der Waals surface area contributed by atoms with Crippen molar-refractivity contribution in [3.05, 3.63) is 29.6 Å². The molecular weight excluding hydrogens is 255 g/mol. The third-order valence-electron chi connectivity index (χ3n) is 3.29. The average Bonchev–Trinajstić information content (AvgIpc) is 2.69. The van der Waals surface area contributed by atoms with Crippen molar-refractivity contribution in [2.45, 2.75) is 32.2 Å². The van der Waals surface area contributed by atoms with Crippen LogP contribution in [0.2, 0.25) is 0 Å². The first-order chi connectivity index (χ1) is 8.06. The molecule has 1 aliphatic carbocycles. The van der Waals surface area contributed by atoms with E-state index < -0.39 is 0 Å². The van der Waals surface area contributed by atoms with E-state index in [2.05, 4.69) is 5.32 Å². The van der Waals surface area contributed by atoms with Crippen molar-refractivity contribution in [1.29, 1.82) is 0 Å². The Hall–Kier alpha value is -1.13. The molecular formula is C13H18ClFN2O. The van der Waals surface area contributed by atoms with Gasteiger partial charge in [0.05, 0.1) is 0 Å². The van der Waals surface area contributed by atoms with Crippen LogP contribution in [0.25, 0.3) is 0 Å². The van der Waals surface area contributed by atoms with E-state index in [0.717, 1.165) is 24.8 Å². The van der Waals surface area contributed by atoms with E-state index in [0.29, 0.717) is 5.69 Å². The zero-order chi connectivity index (χ0) is 12.4. The first kappa shape index (κ1) is 14.9. The smallest absolute Gasteiger partial charge is 0.227 e. The number of nitrogens with two attached hydrogens (primary N) is 1. The lowest BCUT2D eigenvalue weighted by Gasteiger charge is -2.12. The minimum absolute atomic E-state index is 0. The number of aryl methyl sites for hydroxylation is 1. The Morgan fingerprint density at radius 2 is 2.17 bits per heavy atom. The molecule has 0 heterocycles. The summed E-state index contributed by atoms with van der Waals surface area (Å²) in [4.78, 5) is 11.9. The third kappa shape index (κ3) is 3.43. The van der Waals surface area contributed by atoms with Crippen molar-refractivity contribution in [1.82, 2.24) is 0 Å². The average molecular weight is 273 g/mol. The number of nitrogens with one attached hydrogen (secondary N) is 1. The van der Waals surface area contributed by atoms with Crippen LogP contribution in [-0.4, -0.2) is 11.9 Å². The van der Waals surface area contributed by atoms with E-state index in [1.165, 1.54) is 12.1 Å². The molecule has 3 nitrogen and oxygen atoms in total. The maximum absolute atomic E-state index is 12.9. The van der Waals surface area contributed by atoms with Gasteiger partial charge < -0.3 is 11.1 Å². The Labute approximate surface area is 112 Å². The molecule has 0 radical (unpaired) electrons. The van der Waals surface area contributed by atoms with Crippen molar-refractivity contribution >= 4 is 24.0 Å². The second-order valence-electron chi connectivity index (χ2n) is 4.72. The quantitative estimate of drug-likeness (QED) is 0.870. The predicted molar refractivity (Wildman–Crippen MR) is 72.3 cm³/mol. The van der Waals surface area contributed by atoms with Crippen LogP contribution in [0.5, 0.6) is 0 Å². The number of benzene rings is 1. The van der Waals surface area contributed by atoms with Crippen LogP contribution in [-0.2, 0) is 4.79 Å². The standard InChI is InChI=1S/C13H17FN2O.ClH/c1-8-6-10(14)3-5-12(8)16-13(17)9-2-4-11(15)7-9;/h3,5-6,9,11H,2,4,7,15H2,1H3,(H,16,17);1H. The van der Waals surface area contributed by atoms with Crippen LogP contribution in [0.15, 0.2) is 18.2 Å². The summed E-state index contributed by atoms with van der Waals surface area (Å²) in [6.07, 6.45) is 2.49. The summed E-state index contributed by atoms with van der Waals surface area (Å²) in [5.41, 5.74) is 7.19. The highest BCUT2D eigenvalue weighted by atomic mass is 35.5. The Morgan fingerprint density at radius 1 is 1.44 bits per heavy atom. The number of anilines is 1. The summed E-state index contributed by atoms with van der Waals surface area (Å²) in [6, 6.07) is 4.50. The molecule has 2 unspecified atom stereocenters. The molecule has 1 aliphatic rings. The number of amides is 1. The first-order valence-electron chi connectivity index (χ1n) is 5.89. The number of carbonyl (C=O) groups is 1. The van der Waals surface area contributed by atoms with Gasteiger partial charge in [-0.3, -0.25) is 4.79 Å². The van der Waals surface area contributed by atoms with E-state index in [-0.39, 0.29) is 36.1 Å². The summed E-state index contributed by atoms with van der Waals surface area (Å²) < 4.78 is 12.9. The number of hydrogen-bond acceptors (Lipinski definition) is 2. The highest BCUT2D eigenvalue weighted by Gasteiger charge is 2.27. The SMILES string of the molecule is Cc1cc(F)ccc1NC(=O)C1CCC(N)C1.Cl. The lowest BCUT2D eigenvalue weighted by Crippen LogP contribution is -2.23. The molecule has 0 bridgehead atoms. The molecule has 100 valence electrons. The molecule has 18 heavy (non-hydrogen) atoms. The van der Waals surface area contributed by atoms with Crippen molar-refractivity contribution < 1.29 is 9.18 Å². The molecule has 1 fully saturated rings. The van der Waals surface area contributed by atoms with Gasteiger partial charge in [0.15, 0.2) is 0 Å². The first-order valence-corrected chi connectivity index (χ1v) is 5.89. The highest BCUT2D eigenvalue weighted by molar-refractivity contribution is 5.93. The summed E-state index contributed by atoms with van der Waals surface area (Å²) >= 11 is 0. The van der Waals surface area contributed by atoms with Crippen LogP contribution in [0.1, 0.15) is 24.8 Å². The van der Waals surface area contributed by atoms with Gasteiger partial charge in [0.25, 0.3) is 0 Å². The van der Waals surface area contributed by atoms with Gasteiger partial charge >= 0.3 is 0 Å². The second-order valence-corrected chi connectivity index (χ2v) is 4.72. The summed E-state index contributed by atoms with van der Waals surface area (Å²) in [5.74, 6) is -0.300. The van der Waals surface area contributed by atoms with Crippen LogP contribution < -0.4 is 11.1 Å². The molecule has 1 saturated carbocycles. The number of rotatable bonds is 2. The maximum Gasteiger partial charge on any atom is 0.227 e. The van der Waals surface area contributed by atoms with Gasteiger partial charge in [0.2, 0.25) is 5.91 Å². The molecule has 2 rings (SSSR count). The van der Waals surface area contributed by atoms with Crippen molar-refractivity contribution in [3.63, 3.8) is 0 Å². The minimum atomic E-state index is -0.289. The van der Waals surface area contributed by atoms with Gasteiger partial charge in [-0.1, -0.05) is 0 Å². The van der Waals surface area contributed by atoms with Crippen molar-refractivity contribution in [3.8, 4) is 0 Å². The fraction of sp³-hybridized carbons (Fsp3) is 0.462. The molecule has 5 heteroatoms. The Balaban J connectivity index is 0.00000162. The fourth-order valence-electron chi connectivity index (χ4n) is 2.26. The molecule has 1 aromatic carbocycles. The second kappa shape index (κ2) is 6.16. The predicted octanol–water partition coefficient (Wildman–Crippen LogP) is 2.62. The van der Waals surface area contributed by atoms with E-state index in [4.69, 9.17) is 5.73 Å². The van der Waals surface area contributed by atoms with Gasteiger partial charge in [0.1, 0.15) is 5.82 Å². The van der Waals surface area contributed by atoms with Crippen LogP contribution in [0, 0.1) is 18.7 Å². The van der Waals surface area contributed by atoms with Gasteiger partial charge in [-0.05, 0) is 49.9 Å². The lowest BCUT2D eigenvalue weighted by molar-refractivity contribution is -0.119. The minimum Gasteiger partial charge on any atom is -0.328 e. The monoisotopic (exact) mass is 272 g/mol. The van der Waals surface area contributed by atoms with E-state index in [9.17, 15) is 9.18 Å². The van der Waals surface area contributed by atoms with E-state index in [1.54, 1.807) is 13.0 Å². The van der Waals surface area contributed by atoms with Gasteiger partial charge in [-0.25, -0.2) is 4.39 Å². The zero-order valence-corrected chi connectivity index (χ0v) is 11.1. The third-order valence-corrected chi connectivity index (χ3v) is 3.29. The largest absolute Gasteiger partial charge is 0.328 e. The normalized spacial score (nSPS) is 22.4.